The van der Waals surface area contributed by atoms with Gasteiger partial charge in [0.05, 0.1) is 6.07 Å². The molecular formula is C14H17N3O. The van der Waals surface area contributed by atoms with Crippen LogP contribution >= 0.6 is 0 Å². The van der Waals surface area contributed by atoms with Gasteiger partial charge in [-0.2, -0.15) is 5.26 Å². The molecule has 4 heteroatoms. The van der Waals surface area contributed by atoms with E-state index in [4.69, 9.17) is 0 Å². The molecule has 0 spiro atoms. The van der Waals surface area contributed by atoms with Gasteiger partial charge in [-0.05, 0) is 25.0 Å². The second kappa shape index (κ2) is 5.18. The molecule has 4 nitrogen and oxygen atoms in total. The number of hydrogen-bond donors (Lipinski definition) is 0. The van der Waals surface area contributed by atoms with Gasteiger partial charge in [-0.15, -0.1) is 0 Å². The lowest BCUT2D eigenvalue weighted by atomic mass is 9.74. The molecule has 0 aliphatic heterocycles. The summed E-state index contributed by atoms with van der Waals surface area (Å²) >= 11 is 0. The number of anilines is 1. The fraction of sp³-hybridized carbons (Fsp3) is 0.500. The highest BCUT2D eigenvalue weighted by atomic mass is 16.2. The summed E-state index contributed by atoms with van der Waals surface area (Å²) < 4.78 is 0. The van der Waals surface area contributed by atoms with Crippen LogP contribution in [0.4, 0.5) is 5.69 Å². The van der Waals surface area contributed by atoms with E-state index in [0.717, 1.165) is 24.9 Å². The van der Waals surface area contributed by atoms with Crippen molar-refractivity contribution in [2.45, 2.75) is 32.1 Å². The Morgan fingerprint density at radius 2 is 1.94 bits per heavy atom. The molecule has 2 rings (SSSR count). The second-order valence-corrected chi connectivity index (χ2v) is 4.82. The number of aromatic nitrogens is 1. The van der Waals surface area contributed by atoms with E-state index in [9.17, 15) is 10.1 Å². The third-order valence-electron chi connectivity index (χ3n) is 3.69. The molecular weight excluding hydrogens is 226 g/mol. The first-order chi connectivity index (χ1) is 8.69. The van der Waals surface area contributed by atoms with Gasteiger partial charge in [0.1, 0.15) is 5.41 Å². The molecule has 0 unspecified atom stereocenters. The number of rotatable bonds is 2. The zero-order valence-corrected chi connectivity index (χ0v) is 10.6. The largest absolute Gasteiger partial charge is 0.314 e. The highest BCUT2D eigenvalue weighted by Gasteiger charge is 2.41. The van der Waals surface area contributed by atoms with Crippen LogP contribution in [-0.2, 0) is 4.79 Å². The molecule has 1 heterocycles. The molecule has 1 aliphatic rings. The first-order valence-electron chi connectivity index (χ1n) is 6.29. The number of hydrogen-bond acceptors (Lipinski definition) is 3. The third-order valence-corrected chi connectivity index (χ3v) is 3.69. The Morgan fingerprint density at radius 3 is 2.50 bits per heavy atom. The van der Waals surface area contributed by atoms with E-state index in [-0.39, 0.29) is 5.91 Å². The first kappa shape index (κ1) is 12.6. The van der Waals surface area contributed by atoms with E-state index in [1.807, 2.05) is 0 Å². The third kappa shape index (κ3) is 2.21. The summed E-state index contributed by atoms with van der Waals surface area (Å²) in [5, 5.41) is 9.40. The molecule has 0 N–H and O–H groups in total. The van der Waals surface area contributed by atoms with Crippen molar-refractivity contribution in [2.24, 2.45) is 5.41 Å². The normalized spacial score (nSPS) is 17.8. The molecule has 1 amide bonds. The first-order valence-corrected chi connectivity index (χ1v) is 6.29. The summed E-state index contributed by atoms with van der Waals surface area (Å²) in [6.45, 7) is 0. The van der Waals surface area contributed by atoms with Gasteiger partial charge < -0.3 is 4.90 Å². The van der Waals surface area contributed by atoms with E-state index < -0.39 is 5.41 Å². The highest BCUT2D eigenvalue weighted by molar-refractivity contribution is 5.98. The summed E-state index contributed by atoms with van der Waals surface area (Å²) in [6, 6.07) is 5.83. The number of nitrogens with zero attached hydrogens (tertiary/aromatic N) is 3. The molecule has 0 bridgehead atoms. The number of amides is 1. The van der Waals surface area contributed by atoms with Crippen LogP contribution in [0.5, 0.6) is 0 Å². The summed E-state index contributed by atoms with van der Waals surface area (Å²) in [5.41, 5.74) is -0.0359. The Balaban J connectivity index is 2.22. The van der Waals surface area contributed by atoms with E-state index in [2.05, 4.69) is 11.1 Å². The summed E-state index contributed by atoms with van der Waals surface area (Å²) in [6.07, 6.45) is 7.70. The van der Waals surface area contributed by atoms with Crippen LogP contribution in [0.2, 0.25) is 0 Å². The van der Waals surface area contributed by atoms with Gasteiger partial charge in [0.25, 0.3) is 0 Å². The maximum absolute atomic E-state index is 12.5. The van der Waals surface area contributed by atoms with E-state index in [1.54, 1.807) is 36.5 Å². The molecule has 0 saturated heterocycles. The second-order valence-electron chi connectivity index (χ2n) is 4.82. The number of carbonyl (C=O) groups excluding carboxylic acids is 1. The number of carbonyl (C=O) groups is 1. The van der Waals surface area contributed by atoms with Crippen LogP contribution in [0.25, 0.3) is 0 Å². The van der Waals surface area contributed by atoms with Crippen LogP contribution < -0.4 is 4.90 Å². The Hall–Kier alpha value is -1.89. The van der Waals surface area contributed by atoms with Crippen molar-refractivity contribution in [2.75, 3.05) is 11.9 Å². The van der Waals surface area contributed by atoms with Crippen molar-refractivity contribution in [1.82, 2.24) is 4.98 Å². The van der Waals surface area contributed by atoms with E-state index in [0.29, 0.717) is 12.8 Å². The fourth-order valence-electron chi connectivity index (χ4n) is 2.53. The zero-order chi connectivity index (χ0) is 13.0. The van der Waals surface area contributed by atoms with E-state index in [1.165, 1.54) is 0 Å². The van der Waals surface area contributed by atoms with Gasteiger partial charge in [0.2, 0.25) is 5.91 Å². The Morgan fingerprint density at radius 1 is 1.33 bits per heavy atom. The molecule has 0 radical (unpaired) electrons. The van der Waals surface area contributed by atoms with Crippen molar-refractivity contribution in [3.63, 3.8) is 0 Å². The standard InChI is InChI=1S/C14H17N3O/c1-17(12-5-9-16-10-6-12)13(18)14(11-15)7-3-2-4-8-14/h5-6,9-10H,2-4,7-8H2,1H3. The molecule has 1 aliphatic carbocycles. The van der Waals surface area contributed by atoms with Crippen LogP contribution in [-0.4, -0.2) is 17.9 Å². The number of pyridine rings is 1. The molecule has 0 atom stereocenters. The van der Waals surface area contributed by atoms with Crippen LogP contribution in [0, 0.1) is 16.7 Å². The molecule has 1 aromatic rings. The molecule has 94 valence electrons. The Bertz CT molecular complexity index is 458. The maximum Gasteiger partial charge on any atom is 0.247 e. The molecule has 1 saturated carbocycles. The lowest BCUT2D eigenvalue weighted by molar-refractivity contribution is -0.126. The van der Waals surface area contributed by atoms with Gasteiger partial charge in [-0.1, -0.05) is 19.3 Å². The van der Waals surface area contributed by atoms with Crippen molar-refractivity contribution < 1.29 is 4.79 Å². The topological polar surface area (TPSA) is 57.0 Å². The predicted octanol–water partition coefficient (Wildman–Crippen LogP) is 2.52. The maximum atomic E-state index is 12.5. The minimum Gasteiger partial charge on any atom is -0.314 e. The monoisotopic (exact) mass is 243 g/mol. The Labute approximate surface area is 107 Å². The van der Waals surface area contributed by atoms with Crippen molar-refractivity contribution in [1.29, 1.82) is 5.26 Å². The molecule has 0 aromatic carbocycles. The minimum atomic E-state index is -0.823. The SMILES string of the molecule is CN(C(=O)C1(C#N)CCCCC1)c1ccncc1. The fourth-order valence-corrected chi connectivity index (χ4v) is 2.53. The van der Waals surface area contributed by atoms with Gasteiger partial charge in [0, 0.05) is 25.1 Å². The smallest absolute Gasteiger partial charge is 0.247 e. The summed E-state index contributed by atoms with van der Waals surface area (Å²) in [7, 11) is 1.73. The molecule has 18 heavy (non-hydrogen) atoms. The lowest BCUT2D eigenvalue weighted by Gasteiger charge is -2.33. The van der Waals surface area contributed by atoms with E-state index >= 15 is 0 Å². The van der Waals surface area contributed by atoms with Crippen LogP contribution in [0.1, 0.15) is 32.1 Å². The molecule has 1 fully saturated rings. The minimum absolute atomic E-state index is 0.0871. The average molecular weight is 243 g/mol. The van der Waals surface area contributed by atoms with Crippen molar-refractivity contribution in [3.8, 4) is 6.07 Å². The van der Waals surface area contributed by atoms with Crippen molar-refractivity contribution >= 4 is 11.6 Å². The Kier molecular flexibility index (Phi) is 3.61. The van der Waals surface area contributed by atoms with Gasteiger partial charge >= 0.3 is 0 Å². The van der Waals surface area contributed by atoms with Gasteiger partial charge in [-0.3, -0.25) is 9.78 Å². The molecule has 1 aromatic heterocycles. The predicted molar refractivity (Wildman–Crippen MR) is 68.8 cm³/mol. The summed E-state index contributed by atoms with van der Waals surface area (Å²) in [4.78, 5) is 18.0. The lowest BCUT2D eigenvalue weighted by Crippen LogP contribution is -2.42. The zero-order valence-electron chi connectivity index (χ0n) is 10.6. The summed E-state index contributed by atoms with van der Waals surface area (Å²) in [5.74, 6) is -0.0871. The van der Waals surface area contributed by atoms with Crippen LogP contribution in [0.15, 0.2) is 24.5 Å². The van der Waals surface area contributed by atoms with Gasteiger partial charge in [0.15, 0.2) is 0 Å². The van der Waals surface area contributed by atoms with Crippen molar-refractivity contribution in [3.05, 3.63) is 24.5 Å². The quantitative estimate of drug-likeness (QED) is 0.802. The number of nitriles is 1. The van der Waals surface area contributed by atoms with Crippen LogP contribution in [0.3, 0.4) is 0 Å². The highest BCUT2D eigenvalue weighted by Crippen LogP contribution is 2.37. The average Bonchev–Trinajstić information content (AvgIpc) is 2.47. The van der Waals surface area contributed by atoms with Gasteiger partial charge in [-0.25, -0.2) is 0 Å².